The maximum atomic E-state index is 12.1. The van der Waals surface area contributed by atoms with Crippen LogP contribution in [-0.2, 0) is 37.6 Å². The average molecular weight is 554 g/mol. The number of aliphatic imine (C=N–C) groups is 1. The van der Waals surface area contributed by atoms with E-state index < -0.39 is 0 Å². The molecule has 0 bridgehead atoms. The van der Waals surface area contributed by atoms with Crippen LogP contribution >= 0.6 is 24.0 Å². The number of aromatic nitrogens is 2. The number of fused-ring (bicyclic) bond motifs is 1. The molecule has 0 spiro atoms. The summed E-state index contributed by atoms with van der Waals surface area (Å²) in [6.45, 7) is 2.68. The van der Waals surface area contributed by atoms with Crippen molar-refractivity contribution in [1.29, 1.82) is 0 Å². The van der Waals surface area contributed by atoms with Crippen LogP contribution in [0.4, 0.5) is 0 Å². The van der Waals surface area contributed by atoms with Crippen LogP contribution in [0.3, 0.4) is 0 Å². The molecule has 8 nitrogen and oxygen atoms in total. The lowest BCUT2D eigenvalue weighted by molar-refractivity contribution is -0.127. The Labute approximate surface area is 207 Å². The number of hydrogen-bond acceptors (Lipinski definition) is 4. The summed E-state index contributed by atoms with van der Waals surface area (Å²) in [5.41, 5.74) is 4.74. The zero-order valence-corrected chi connectivity index (χ0v) is 22.0. The second-order valence-electron chi connectivity index (χ2n) is 8.07. The predicted octanol–water partition coefficient (Wildman–Crippen LogP) is 2.29. The molecule has 1 unspecified atom stereocenters. The largest absolute Gasteiger partial charge is 0.481 e. The van der Waals surface area contributed by atoms with E-state index in [2.05, 4.69) is 46.9 Å². The van der Waals surface area contributed by atoms with Crippen LogP contribution in [0.15, 0.2) is 29.3 Å². The van der Waals surface area contributed by atoms with Crippen LogP contribution in [-0.4, -0.2) is 60.3 Å². The van der Waals surface area contributed by atoms with Gasteiger partial charge in [-0.25, -0.2) is 9.67 Å². The molecule has 1 atom stereocenters. The molecule has 0 radical (unpaired) electrons. The van der Waals surface area contributed by atoms with Crippen molar-refractivity contribution in [2.24, 2.45) is 12.0 Å². The number of rotatable bonds is 7. The van der Waals surface area contributed by atoms with Gasteiger partial charge in [0.15, 0.2) is 5.96 Å². The fourth-order valence-corrected chi connectivity index (χ4v) is 3.95. The Morgan fingerprint density at radius 1 is 1.31 bits per heavy atom. The van der Waals surface area contributed by atoms with Crippen molar-refractivity contribution in [3.8, 4) is 5.88 Å². The number of amides is 1. The number of hydrogen-bond donors (Lipinski definition) is 2. The summed E-state index contributed by atoms with van der Waals surface area (Å²) in [4.78, 5) is 18.5. The molecule has 0 saturated carbocycles. The first-order chi connectivity index (χ1) is 14.9. The van der Waals surface area contributed by atoms with E-state index in [9.17, 15) is 4.79 Å². The molecule has 1 aromatic carbocycles. The zero-order chi connectivity index (χ0) is 22.4. The van der Waals surface area contributed by atoms with E-state index in [1.54, 1.807) is 30.8 Å². The van der Waals surface area contributed by atoms with Gasteiger partial charge in [-0.1, -0.05) is 31.2 Å². The highest BCUT2D eigenvalue weighted by atomic mass is 127. The highest BCUT2D eigenvalue weighted by Gasteiger charge is 2.20. The quantitative estimate of drug-likeness (QED) is 0.312. The molecule has 3 rings (SSSR count). The number of nitrogens with zero attached hydrogens (tertiary/aromatic N) is 4. The number of carbonyl (C=O) groups is 1. The molecule has 9 heteroatoms. The second-order valence-corrected chi connectivity index (χ2v) is 8.07. The molecular formula is C23H35IN6O2. The molecule has 0 aliphatic heterocycles. The van der Waals surface area contributed by atoms with Gasteiger partial charge in [0.25, 0.3) is 0 Å². The van der Waals surface area contributed by atoms with Gasteiger partial charge < -0.3 is 20.3 Å². The molecule has 176 valence electrons. The van der Waals surface area contributed by atoms with E-state index in [4.69, 9.17) is 9.73 Å². The van der Waals surface area contributed by atoms with Crippen LogP contribution in [0.5, 0.6) is 5.88 Å². The summed E-state index contributed by atoms with van der Waals surface area (Å²) >= 11 is 0. The number of aryl methyl sites for hydroxylation is 3. The average Bonchev–Trinajstić information content (AvgIpc) is 3.09. The van der Waals surface area contributed by atoms with Gasteiger partial charge in [0, 0.05) is 27.2 Å². The Morgan fingerprint density at radius 2 is 2.03 bits per heavy atom. The van der Waals surface area contributed by atoms with Gasteiger partial charge in [0.1, 0.15) is 0 Å². The minimum absolute atomic E-state index is 0. The number of guanidine groups is 1. The number of nitrogens with one attached hydrogen (secondary N) is 2. The predicted molar refractivity (Wildman–Crippen MR) is 138 cm³/mol. The van der Waals surface area contributed by atoms with Crippen molar-refractivity contribution in [3.05, 3.63) is 46.6 Å². The van der Waals surface area contributed by atoms with Gasteiger partial charge in [-0.05, 0) is 36.8 Å². The molecular weight excluding hydrogens is 519 g/mol. The lowest BCUT2D eigenvalue weighted by Crippen LogP contribution is -2.48. The van der Waals surface area contributed by atoms with Crippen molar-refractivity contribution >= 4 is 35.8 Å². The summed E-state index contributed by atoms with van der Waals surface area (Å²) in [5.74, 6) is 1.35. The van der Waals surface area contributed by atoms with Gasteiger partial charge in [-0.15, -0.1) is 24.0 Å². The Hall–Kier alpha value is -2.30. The Kier molecular flexibility index (Phi) is 9.80. The summed E-state index contributed by atoms with van der Waals surface area (Å²) in [6.07, 6.45) is 3.80. The second kappa shape index (κ2) is 12.1. The van der Waals surface area contributed by atoms with Crippen molar-refractivity contribution in [2.45, 2.75) is 45.2 Å². The first-order valence-corrected chi connectivity index (χ1v) is 10.8. The van der Waals surface area contributed by atoms with E-state index in [0.29, 0.717) is 12.5 Å². The molecule has 2 N–H and O–H groups in total. The standard InChI is InChI=1S/C23H34N6O2.HI/c1-6-20-19(22(31-5)29(4)27-20)14-24-23(25-15-21(30)28(2)3)26-18-12-11-16-9-7-8-10-17(16)13-18;/h7-10,18H,6,11-15H2,1-5H3,(H2,24,25,26);1H. The molecule has 32 heavy (non-hydrogen) atoms. The van der Waals surface area contributed by atoms with Crippen LogP contribution < -0.4 is 15.4 Å². The maximum absolute atomic E-state index is 12.1. The molecule has 1 amide bonds. The minimum atomic E-state index is -0.00306. The van der Waals surface area contributed by atoms with Crippen LogP contribution in [0.2, 0.25) is 0 Å². The van der Waals surface area contributed by atoms with Crippen molar-refractivity contribution in [3.63, 3.8) is 0 Å². The molecule has 1 aliphatic rings. The molecule has 0 fully saturated rings. The third-order valence-corrected chi connectivity index (χ3v) is 5.69. The van der Waals surface area contributed by atoms with Crippen molar-refractivity contribution in [1.82, 2.24) is 25.3 Å². The lowest BCUT2D eigenvalue weighted by Gasteiger charge is -2.27. The lowest BCUT2D eigenvalue weighted by atomic mass is 9.88. The van der Waals surface area contributed by atoms with Gasteiger partial charge in [0.2, 0.25) is 11.8 Å². The maximum Gasteiger partial charge on any atom is 0.241 e. The molecule has 0 saturated heterocycles. The van der Waals surface area contributed by atoms with Gasteiger partial charge in [0.05, 0.1) is 31.5 Å². The summed E-state index contributed by atoms with van der Waals surface area (Å²) < 4.78 is 7.29. The number of likely N-dealkylation sites (N-methyl/N-ethyl adjacent to an activating group) is 1. The van der Waals surface area contributed by atoms with Crippen molar-refractivity contribution in [2.75, 3.05) is 27.7 Å². The van der Waals surface area contributed by atoms with Crippen LogP contribution in [0.25, 0.3) is 0 Å². The van der Waals surface area contributed by atoms with Crippen LogP contribution in [0, 0.1) is 0 Å². The Morgan fingerprint density at radius 3 is 2.69 bits per heavy atom. The smallest absolute Gasteiger partial charge is 0.241 e. The van der Waals surface area contributed by atoms with E-state index in [1.165, 1.54) is 11.1 Å². The Bertz CT molecular complexity index is 941. The zero-order valence-electron chi connectivity index (χ0n) is 19.6. The normalized spacial score (nSPS) is 15.4. The molecule has 2 aromatic rings. The number of benzene rings is 1. The first-order valence-electron chi connectivity index (χ1n) is 10.8. The number of halogens is 1. The highest BCUT2D eigenvalue weighted by Crippen LogP contribution is 2.23. The van der Waals surface area contributed by atoms with Crippen LogP contribution in [0.1, 0.15) is 35.7 Å². The third-order valence-electron chi connectivity index (χ3n) is 5.69. The number of ether oxygens (including phenoxy) is 1. The summed E-state index contributed by atoms with van der Waals surface area (Å²) in [6, 6.07) is 8.84. The fraction of sp³-hybridized carbons (Fsp3) is 0.522. The van der Waals surface area contributed by atoms with E-state index >= 15 is 0 Å². The van der Waals surface area contributed by atoms with E-state index in [1.807, 2.05) is 7.05 Å². The minimum Gasteiger partial charge on any atom is -0.481 e. The summed E-state index contributed by atoms with van der Waals surface area (Å²) in [7, 11) is 7.02. The number of carbonyl (C=O) groups excluding carboxylic acids is 1. The summed E-state index contributed by atoms with van der Waals surface area (Å²) in [5, 5.41) is 11.3. The molecule has 1 heterocycles. The van der Waals surface area contributed by atoms with E-state index in [0.717, 1.165) is 42.8 Å². The SMILES string of the molecule is CCc1nn(C)c(OC)c1CN=C(NCC(=O)N(C)C)NC1CCc2ccccc2C1.I. The number of methoxy groups -OCH3 is 1. The van der Waals surface area contributed by atoms with Gasteiger partial charge in [-0.3, -0.25) is 4.79 Å². The van der Waals surface area contributed by atoms with Gasteiger partial charge >= 0.3 is 0 Å². The van der Waals surface area contributed by atoms with E-state index in [-0.39, 0.29) is 42.5 Å². The third kappa shape index (κ3) is 6.36. The monoisotopic (exact) mass is 554 g/mol. The first kappa shape index (κ1) is 26.0. The highest BCUT2D eigenvalue weighted by molar-refractivity contribution is 14.0. The topological polar surface area (TPSA) is 83.8 Å². The molecule has 1 aromatic heterocycles. The van der Waals surface area contributed by atoms with Gasteiger partial charge in [-0.2, -0.15) is 5.10 Å². The van der Waals surface area contributed by atoms with Crippen molar-refractivity contribution < 1.29 is 9.53 Å². The fourth-order valence-electron chi connectivity index (χ4n) is 3.95. The Balaban J connectivity index is 0.00000363. The molecule has 1 aliphatic carbocycles.